The fraction of sp³-hybridized carbons (Fsp3) is 0.250. The van der Waals surface area contributed by atoms with Crippen molar-refractivity contribution in [1.82, 2.24) is 0 Å². The molecule has 18 heavy (non-hydrogen) atoms. The third kappa shape index (κ3) is 3.34. The van der Waals surface area contributed by atoms with Gasteiger partial charge in [0, 0.05) is 12.0 Å². The van der Waals surface area contributed by atoms with Crippen molar-refractivity contribution in [1.29, 1.82) is 0 Å². The minimum absolute atomic E-state index is 0.316. The Morgan fingerprint density at radius 1 is 1.22 bits per heavy atom. The summed E-state index contributed by atoms with van der Waals surface area (Å²) < 4.78 is 5.71. The summed E-state index contributed by atoms with van der Waals surface area (Å²) in [6.07, 6.45) is 2.86. The molecule has 94 valence electrons. The lowest BCUT2D eigenvalue weighted by Gasteiger charge is -2.11. The van der Waals surface area contributed by atoms with Gasteiger partial charge in [0.2, 0.25) is 0 Å². The smallest absolute Gasteiger partial charge is 0.161 e. The summed E-state index contributed by atoms with van der Waals surface area (Å²) in [5.74, 6) is 2.00. The van der Waals surface area contributed by atoms with E-state index < -0.39 is 0 Å². The van der Waals surface area contributed by atoms with Gasteiger partial charge in [-0.3, -0.25) is 0 Å². The average Bonchev–Trinajstić information content (AvgIpc) is 2.82. The van der Waals surface area contributed by atoms with Crippen molar-refractivity contribution in [3.63, 3.8) is 0 Å². The molecule has 0 bridgehead atoms. The van der Waals surface area contributed by atoms with Crippen LogP contribution in [0.3, 0.4) is 0 Å². The van der Waals surface area contributed by atoms with E-state index >= 15 is 0 Å². The number of quaternary nitrogens is 1. The summed E-state index contributed by atoms with van der Waals surface area (Å²) in [4.78, 5) is 0. The van der Waals surface area contributed by atoms with Crippen molar-refractivity contribution in [3.05, 3.63) is 72.2 Å². The number of hydrogen-bond acceptors (Lipinski definition) is 1. The van der Waals surface area contributed by atoms with E-state index in [0.717, 1.165) is 24.5 Å². The van der Waals surface area contributed by atoms with Crippen LogP contribution in [-0.4, -0.2) is 0 Å². The Morgan fingerprint density at radius 2 is 2.00 bits per heavy atom. The van der Waals surface area contributed by atoms with E-state index in [-0.39, 0.29) is 0 Å². The van der Waals surface area contributed by atoms with Crippen molar-refractivity contribution >= 4 is 0 Å². The lowest BCUT2D eigenvalue weighted by atomic mass is 10.1. The molecule has 0 spiro atoms. The van der Waals surface area contributed by atoms with Crippen LogP contribution in [0.1, 0.15) is 29.5 Å². The zero-order chi connectivity index (χ0) is 12.8. The number of benzene rings is 1. The summed E-state index contributed by atoms with van der Waals surface area (Å²) in [6, 6.07) is 14.9. The molecule has 0 amide bonds. The number of aryl methyl sites for hydroxylation is 1. The fourth-order valence-electron chi connectivity index (χ4n) is 2.05. The molecular formula is C16H20NO+. The van der Waals surface area contributed by atoms with Gasteiger partial charge in [0.25, 0.3) is 0 Å². The van der Waals surface area contributed by atoms with Crippen LogP contribution in [0.4, 0.5) is 0 Å². The van der Waals surface area contributed by atoms with Gasteiger partial charge in [-0.15, -0.1) is 6.58 Å². The standard InChI is InChI=1S/C16H19NO/c1-3-7-15(16-11-10-13(2)18-16)17-12-14-8-5-4-6-9-14/h3-6,8-11,15,17H,1,7,12H2,2H3/p+1/t15-/m0/s1. The summed E-state index contributed by atoms with van der Waals surface area (Å²) in [6.45, 7) is 6.76. The Hall–Kier alpha value is -1.80. The fourth-order valence-corrected chi connectivity index (χ4v) is 2.05. The average molecular weight is 242 g/mol. The third-order valence-corrected chi connectivity index (χ3v) is 3.03. The van der Waals surface area contributed by atoms with Gasteiger partial charge in [-0.25, -0.2) is 0 Å². The molecular weight excluding hydrogens is 222 g/mol. The molecule has 0 saturated heterocycles. The first-order valence-corrected chi connectivity index (χ1v) is 6.34. The topological polar surface area (TPSA) is 29.8 Å². The van der Waals surface area contributed by atoms with Gasteiger partial charge in [0.1, 0.15) is 18.3 Å². The predicted octanol–water partition coefficient (Wildman–Crippen LogP) is 2.97. The van der Waals surface area contributed by atoms with Crippen LogP contribution in [0.15, 0.2) is 59.5 Å². The lowest BCUT2D eigenvalue weighted by Crippen LogP contribution is -2.83. The van der Waals surface area contributed by atoms with Crippen LogP contribution in [0, 0.1) is 6.92 Å². The predicted molar refractivity (Wildman–Crippen MR) is 73.1 cm³/mol. The van der Waals surface area contributed by atoms with Gasteiger partial charge in [-0.2, -0.15) is 0 Å². The third-order valence-electron chi connectivity index (χ3n) is 3.03. The molecule has 0 aliphatic heterocycles. The Morgan fingerprint density at radius 3 is 2.61 bits per heavy atom. The minimum atomic E-state index is 0.316. The highest BCUT2D eigenvalue weighted by Gasteiger charge is 2.16. The van der Waals surface area contributed by atoms with E-state index in [9.17, 15) is 0 Å². The second-order valence-corrected chi connectivity index (χ2v) is 4.50. The van der Waals surface area contributed by atoms with E-state index in [1.54, 1.807) is 0 Å². The molecule has 0 saturated carbocycles. The van der Waals surface area contributed by atoms with Gasteiger partial charge in [0.05, 0.1) is 0 Å². The monoisotopic (exact) mass is 242 g/mol. The van der Waals surface area contributed by atoms with Crippen LogP contribution in [0.5, 0.6) is 0 Å². The van der Waals surface area contributed by atoms with E-state index in [4.69, 9.17) is 4.42 Å². The van der Waals surface area contributed by atoms with Gasteiger partial charge in [-0.05, 0) is 19.1 Å². The molecule has 1 atom stereocenters. The van der Waals surface area contributed by atoms with Crippen molar-refractivity contribution in [2.45, 2.75) is 25.9 Å². The summed E-state index contributed by atoms with van der Waals surface area (Å²) in [5.41, 5.74) is 1.33. The highest BCUT2D eigenvalue weighted by molar-refractivity contribution is 5.13. The van der Waals surface area contributed by atoms with Crippen molar-refractivity contribution in [3.8, 4) is 0 Å². The molecule has 2 aromatic rings. The van der Waals surface area contributed by atoms with Crippen molar-refractivity contribution < 1.29 is 9.73 Å². The molecule has 1 aromatic carbocycles. The van der Waals surface area contributed by atoms with Gasteiger partial charge < -0.3 is 9.73 Å². The van der Waals surface area contributed by atoms with Crippen molar-refractivity contribution in [2.24, 2.45) is 0 Å². The van der Waals surface area contributed by atoms with Crippen LogP contribution < -0.4 is 5.32 Å². The largest absolute Gasteiger partial charge is 0.460 e. The van der Waals surface area contributed by atoms with Crippen LogP contribution in [0.2, 0.25) is 0 Å². The molecule has 2 rings (SSSR count). The molecule has 0 unspecified atom stereocenters. The second kappa shape index (κ2) is 6.22. The maximum atomic E-state index is 5.71. The molecule has 1 aromatic heterocycles. The molecule has 1 heterocycles. The van der Waals surface area contributed by atoms with Crippen LogP contribution in [0.25, 0.3) is 0 Å². The summed E-state index contributed by atoms with van der Waals surface area (Å²) in [7, 11) is 0. The summed E-state index contributed by atoms with van der Waals surface area (Å²) in [5, 5.41) is 2.30. The van der Waals surface area contributed by atoms with Crippen molar-refractivity contribution in [2.75, 3.05) is 0 Å². The Bertz CT molecular complexity index is 487. The van der Waals surface area contributed by atoms with E-state index in [1.807, 2.05) is 25.1 Å². The first-order chi connectivity index (χ1) is 8.79. The number of furan rings is 1. The number of hydrogen-bond donors (Lipinski definition) is 1. The minimum Gasteiger partial charge on any atom is -0.460 e. The highest BCUT2D eigenvalue weighted by Crippen LogP contribution is 2.16. The molecule has 2 nitrogen and oxygen atoms in total. The van der Waals surface area contributed by atoms with Crippen LogP contribution >= 0.6 is 0 Å². The highest BCUT2D eigenvalue weighted by atomic mass is 16.3. The zero-order valence-electron chi connectivity index (χ0n) is 10.8. The molecule has 0 fully saturated rings. The molecule has 0 aliphatic carbocycles. The maximum Gasteiger partial charge on any atom is 0.161 e. The zero-order valence-corrected chi connectivity index (χ0v) is 10.8. The quantitative estimate of drug-likeness (QED) is 0.775. The number of nitrogens with two attached hydrogens (primary N) is 1. The van der Waals surface area contributed by atoms with E-state index in [0.29, 0.717) is 6.04 Å². The maximum absolute atomic E-state index is 5.71. The molecule has 0 aliphatic rings. The molecule has 2 N–H and O–H groups in total. The molecule has 2 heteroatoms. The lowest BCUT2D eigenvalue weighted by molar-refractivity contribution is -0.712. The summed E-state index contributed by atoms with van der Waals surface area (Å²) >= 11 is 0. The Labute approximate surface area is 108 Å². The van der Waals surface area contributed by atoms with Gasteiger partial charge in [0.15, 0.2) is 5.76 Å². The normalized spacial score (nSPS) is 12.3. The van der Waals surface area contributed by atoms with E-state index in [1.165, 1.54) is 5.56 Å². The van der Waals surface area contributed by atoms with Gasteiger partial charge >= 0.3 is 0 Å². The Kier molecular flexibility index (Phi) is 4.37. The first kappa shape index (κ1) is 12.7. The molecule has 0 radical (unpaired) electrons. The number of rotatable bonds is 6. The van der Waals surface area contributed by atoms with E-state index in [2.05, 4.69) is 42.2 Å². The second-order valence-electron chi connectivity index (χ2n) is 4.50. The van der Waals surface area contributed by atoms with Gasteiger partial charge in [-0.1, -0.05) is 36.4 Å². The SMILES string of the molecule is C=CC[C@H]([NH2+]Cc1ccccc1)c1ccc(C)o1. The van der Waals surface area contributed by atoms with Crippen LogP contribution in [-0.2, 0) is 6.54 Å². The first-order valence-electron chi connectivity index (χ1n) is 6.34. The Balaban J connectivity index is 2.01.